The van der Waals surface area contributed by atoms with Crippen LogP contribution in [-0.2, 0) is 9.53 Å². The van der Waals surface area contributed by atoms with Crippen molar-refractivity contribution >= 4 is 23.5 Å². The summed E-state index contributed by atoms with van der Waals surface area (Å²) in [7, 11) is 1.66. The first-order chi connectivity index (χ1) is 7.63. The number of carbonyl (C=O) groups excluding carboxylic acids is 2. The van der Waals surface area contributed by atoms with E-state index in [9.17, 15) is 9.59 Å². The minimum Gasteiger partial charge on any atom is -0.381 e. The second-order valence-electron chi connectivity index (χ2n) is 3.95. The van der Waals surface area contributed by atoms with Crippen molar-refractivity contribution < 1.29 is 14.3 Å². The molecule has 92 valence electrons. The number of imide groups is 1. The van der Waals surface area contributed by atoms with Gasteiger partial charge in [-0.3, -0.25) is 10.1 Å². The van der Waals surface area contributed by atoms with Gasteiger partial charge >= 0.3 is 6.03 Å². The Hall–Kier alpha value is -0.810. The highest BCUT2D eigenvalue weighted by molar-refractivity contribution is 6.28. The average Bonchev–Trinajstić information content (AvgIpc) is 2.30. The SMILES string of the molecule is CN(CC1CCCOC1)C(=O)NC(=O)CCl. The van der Waals surface area contributed by atoms with E-state index in [-0.39, 0.29) is 5.88 Å². The van der Waals surface area contributed by atoms with Crippen molar-refractivity contribution in [1.82, 2.24) is 10.2 Å². The van der Waals surface area contributed by atoms with Gasteiger partial charge in [-0.2, -0.15) is 0 Å². The number of alkyl halides is 1. The monoisotopic (exact) mass is 248 g/mol. The van der Waals surface area contributed by atoms with Crippen LogP contribution >= 0.6 is 11.6 Å². The zero-order valence-corrected chi connectivity index (χ0v) is 10.1. The van der Waals surface area contributed by atoms with Gasteiger partial charge in [-0.1, -0.05) is 0 Å². The van der Waals surface area contributed by atoms with Crippen molar-refractivity contribution in [3.05, 3.63) is 0 Å². The number of ether oxygens (including phenoxy) is 1. The molecule has 16 heavy (non-hydrogen) atoms. The highest BCUT2D eigenvalue weighted by Crippen LogP contribution is 2.14. The molecule has 1 heterocycles. The van der Waals surface area contributed by atoms with Crippen LogP contribution in [0.4, 0.5) is 4.79 Å². The van der Waals surface area contributed by atoms with Gasteiger partial charge in [0.1, 0.15) is 5.88 Å². The molecule has 0 radical (unpaired) electrons. The smallest absolute Gasteiger partial charge is 0.323 e. The third-order valence-electron chi connectivity index (χ3n) is 2.50. The molecule has 5 nitrogen and oxygen atoms in total. The van der Waals surface area contributed by atoms with Crippen LogP contribution < -0.4 is 5.32 Å². The van der Waals surface area contributed by atoms with Crippen molar-refractivity contribution in [2.24, 2.45) is 5.92 Å². The first-order valence-corrected chi connectivity index (χ1v) is 5.85. The lowest BCUT2D eigenvalue weighted by atomic mass is 10.0. The van der Waals surface area contributed by atoms with Crippen LogP contribution in [0.1, 0.15) is 12.8 Å². The second-order valence-corrected chi connectivity index (χ2v) is 4.22. The topological polar surface area (TPSA) is 58.6 Å². The lowest BCUT2D eigenvalue weighted by Gasteiger charge is -2.26. The Balaban J connectivity index is 2.29. The van der Waals surface area contributed by atoms with Crippen molar-refractivity contribution in [3.8, 4) is 0 Å². The Morgan fingerprint density at radius 2 is 2.31 bits per heavy atom. The third kappa shape index (κ3) is 4.37. The van der Waals surface area contributed by atoms with E-state index in [4.69, 9.17) is 16.3 Å². The van der Waals surface area contributed by atoms with Gasteiger partial charge in [0.25, 0.3) is 0 Å². The largest absolute Gasteiger partial charge is 0.381 e. The number of nitrogens with one attached hydrogen (secondary N) is 1. The molecule has 1 atom stereocenters. The van der Waals surface area contributed by atoms with Gasteiger partial charge in [-0.05, 0) is 12.8 Å². The second kappa shape index (κ2) is 6.70. The quantitative estimate of drug-likeness (QED) is 0.753. The molecule has 1 fully saturated rings. The van der Waals surface area contributed by atoms with Gasteiger partial charge in [0, 0.05) is 26.1 Å². The summed E-state index contributed by atoms with van der Waals surface area (Å²) in [5.41, 5.74) is 0. The van der Waals surface area contributed by atoms with Crippen LogP contribution in [0.25, 0.3) is 0 Å². The molecular weight excluding hydrogens is 232 g/mol. The van der Waals surface area contributed by atoms with E-state index < -0.39 is 11.9 Å². The van der Waals surface area contributed by atoms with E-state index in [2.05, 4.69) is 5.32 Å². The number of halogens is 1. The predicted molar refractivity (Wildman–Crippen MR) is 60.4 cm³/mol. The molecule has 1 N–H and O–H groups in total. The number of nitrogens with zero attached hydrogens (tertiary/aromatic N) is 1. The van der Waals surface area contributed by atoms with Gasteiger partial charge in [-0.15, -0.1) is 11.6 Å². The lowest BCUT2D eigenvalue weighted by Crippen LogP contribution is -2.44. The summed E-state index contributed by atoms with van der Waals surface area (Å²) in [5, 5.41) is 2.19. The maximum atomic E-state index is 11.5. The Morgan fingerprint density at radius 1 is 1.56 bits per heavy atom. The fraction of sp³-hybridized carbons (Fsp3) is 0.800. The van der Waals surface area contributed by atoms with Crippen LogP contribution in [0.2, 0.25) is 0 Å². The molecule has 0 aromatic heterocycles. The molecule has 0 aromatic rings. The first-order valence-electron chi connectivity index (χ1n) is 5.32. The van der Waals surface area contributed by atoms with E-state index in [1.807, 2.05) is 0 Å². The molecule has 1 rings (SSSR count). The van der Waals surface area contributed by atoms with Crippen molar-refractivity contribution in [2.75, 3.05) is 32.7 Å². The number of amides is 3. The minimum absolute atomic E-state index is 0.202. The summed E-state index contributed by atoms with van der Waals surface area (Å²) >= 11 is 5.29. The Labute approximate surface area is 100 Å². The Kier molecular flexibility index (Phi) is 5.55. The molecule has 0 aromatic carbocycles. The lowest BCUT2D eigenvalue weighted by molar-refractivity contribution is -0.117. The van der Waals surface area contributed by atoms with Crippen molar-refractivity contribution in [2.45, 2.75) is 12.8 Å². The maximum absolute atomic E-state index is 11.5. The highest BCUT2D eigenvalue weighted by atomic mass is 35.5. The summed E-state index contributed by atoms with van der Waals surface area (Å²) < 4.78 is 5.32. The van der Waals surface area contributed by atoms with E-state index in [1.54, 1.807) is 7.05 Å². The standard InChI is InChI=1S/C10H17ClN2O3/c1-13(10(15)12-9(14)5-11)6-8-3-2-4-16-7-8/h8H,2-7H2,1H3,(H,12,14,15). The molecular formula is C10H17ClN2O3. The van der Waals surface area contributed by atoms with Gasteiger partial charge in [0.15, 0.2) is 0 Å². The van der Waals surface area contributed by atoms with Crippen LogP contribution in [-0.4, -0.2) is 49.5 Å². The van der Waals surface area contributed by atoms with Gasteiger partial charge < -0.3 is 9.64 Å². The Morgan fingerprint density at radius 3 is 2.88 bits per heavy atom. The first kappa shape index (κ1) is 13.3. The Bertz CT molecular complexity index is 254. The van der Waals surface area contributed by atoms with Crippen molar-refractivity contribution in [3.63, 3.8) is 0 Å². The normalized spacial score (nSPS) is 20.2. The van der Waals surface area contributed by atoms with Gasteiger partial charge in [0.05, 0.1) is 6.61 Å². The molecule has 3 amide bonds. The zero-order chi connectivity index (χ0) is 12.0. The molecule has 1 unspecified atom stereocenters. The molecule has 1 saturated heterocycles. The van der Waals surface area contributed by atoms with Crippen LogP contribution in [0.3, 0.4) is 0 Å². The van der Waals surface area contributed by atoms with E-state index in [0.29, 0.717) is 19.1 Å². The molecule has 6 heteroatoms. The summed E-state index contributed by atoms with van der Waals surface area (Å²) in [6.07, 6.45) is 2.09. The minimum atomic E-state index is -0.474. The maximum Gasteiger partial charge on any atom is 0.323 e. The number of urea groups is 1. The van der Waals surface area contributed by atoms with E-state index in [0.717, 1.165) is 19.4 Å². The zero-order valence-electron chi connectivity index (χ0n) is 9.37. The summed E-state index contributed by atoms with van der Waals surface area (Å²) in [5.74, 6) is -0.319. The highest BCUT2D eigenvalue weighted by Gasteiger charge is 2.19. The van der Waals surface area contributed by atoms with Crippen LogP contribution in [0.5, 0.6) is 0 Å². The molecule has 1 aliphatic heterocycles. The van der Waals surface area contributed by atoms with Gasteiger partial charge in [-0.25, -0.2) is 4.79 Å². The van der Waals surface area contributed by atoms with Crippen LogP contribution in [0, 0.1) is 5.92 Å². The predicted octanol–water partition coefficient (Wildman–Crippen LogP) is 0.820. The molecule has 0 aliphatic carbocycles. The van der Waals surface area contributed by atoms with Crippen LogP contribution in [0.15, 0.2) is 0 Å². The van der Waals surface area contributed by atoms with Crippen molar-refractivity contribution in [1.29, 1.82) is 0 Å². The summed E-state index contributed by atoms with van der Waals surface area (Å²) in [6, 6.07) is -0.406. The summed E-state index contributed by atoms with van der Waals surface area (Å²) in [4.78, 5) is 23.9. The van der Waals surface area contributed by atoms with Gasteiger partial charge in [0.2, 0.25) is 5.91 Å². The number of hydrogen-bond acceptors (Lipinski definition) is 3. The fourth-order valence-corrected chi connectivity index (χ4v) is 1.74. The summed E-state index contributed by atoms with van der Waals surface area (Å²) in [6.45, 7) is 2.08. The average molecular weight is 249 g/mol. The number of hydrogen-bond donors (Lipinski definition) is 1. The molecule has 0 bridgehead atoms. The fourth-order valence-electron chi connectivity index (χ4n) is 1.67. The van der Waals surface area contributed by atoms with E-state index in [1.165, 1.54) is 4.90 Å². The third-order valence-corrected chi connectivity index (χ3v) is 2.74. The molecule has 0 spiro atoms. The number of carbonyl (C=O) groups is 2. The number of rotatable bonds is 3. The van der Waals surface area contributed by atoms with E-state index >= 15 is 0 Å². The molecule has 0 saturated carbocycles. The molecule has 1 aliphatic rings.